The van der Waals surface area contributed by atoms with Gasteiger partial charge in [-0.15, -0.1) is 0 Å². The Labute approximate surface area is 164 Å². The van der Waals surface area contributed by atoms with Crippen LogP contribution in [0, 0.1) is 11.3 Å². The van der Waals surface area contributed by atoms with Crippen molar-refractivity contribution in [3.05, 3.63) is 71.9 Å². The highest BCUT2D eigenvalue weighted by Gasteiger charge is 2.24. The number of oxazole rings is 1. The maximum absolute atomic E-state index is 9.47. The Morgan fingerprint density at radius 2 is 1.71 bits per heavy atom. The molecule has 4 rings (SSSR count). The monoisotopic (exact) mass is 374 g/mol. The lowest BCUT2D eigenvalue weighted by molar-refractivity contribution is 0.0186. The summed E-state index contributed by atoms with van der Waals surface area (Å²) in [7, 11) is 0. The van der Waals surface area contributed by atoms with E-state index < -0.39 is 0 Å². The van der Waals surface area contributed by atoms with Crippen molar-refractivity contribution in [1.29, 1.82) is 5.26 Å². The molecule has 0 radical (unpaired) electrons. The van der Waals surface area contributed by atoms with Gasteiger partial charge in [-0.1, -0.05) is 48.5 Å². The third kappa shape index (κ3) is 4.06. The lowest BCUT2D eigenvalue weighted by Gasteiger charge is -2.34. The predicted molar refractivity (Wildman–Crippen MR) is 107 cm³/mol. The van der Waals surface area contributed by atoms with Crippen LogP contribution in [0.1, 0.15) is 17.3 Å². The Morgan fingerprint density at radius 3 is 2.39 bits per heavy atom. The molecule has 1 atom stereocenters. The molecule has 0 amide bonds. The molecule has 6 heteroatoms. The SMILES string of the molecule is N#Cc1nc(-c2ccccc2)oc1NC[C@H](c1ccccc1)N1CCOCC1. The molecule has 2 heterocycles. The largest absolute Gasteiger partial charge is 0.419 e. The molecule has 1 saturated heterocycles. The summed E-state index contributed by atoms with van der Waals surface area (Å²) < 4.78 is 11.4. The number of rotatable bonds is 6. The zero-order valence-electron chi connectivity index (χ0n) is 15.5. The van der Waals surface area contributed by atoms with Crippen molar-refractivity contribution in [2.75, 3.05) is 38.2 Å². The van der Waals surface area contributed by atoms with E-state index >= 15 is 0 Å². The second-order valence-corrected chi connectivity index (χ2v) is 6.63. The number of anilines is 1. The van der Waals surface area contributed by atoms with Gasteiger partial charge in [0.05, 0.1) is 19.3 Å². The van der Waals surface area contributed by atoms with Crippen LogP contribution in [-0.2, 0) is 4.74 Å². The van der Waals surface area contributed by atoms with Gasteiger partial charge in [0.1, 0.15) is 6.07 Å². The minimum absolute atomic E-state index is 0.155. The van der Waals surface area contributed by atoms with Gasteiger partial charge in [-0.05, 0) is 17.7 Å². The topological polar surface area (TPSA) is 74.3 Å². The number of hydrogen-bond donors (Lipinski definition) is 1. The minimum Gasteiger partial charge on any atom is -0.419 e. The number of ether oxygens (including phenoxy) is 1. The van der Waals surface area contributed by atoms with Gasteiger partial charge < -0.3 is 14.5 Å². The molecule has 1 N–H and O–H groups in total. The van der Waals surface area contributed by atoms with Crippen molar-refractivity contribution in [3.63, 3.8) is 0 Å². The predicted octanol–water partition coefficient (Wildman–Crippen LogP) is 3.70. The van der Waals surface area contributed by atoms with E-state index in [0.717, 1.165) is 31.9 Å². The third-order valence-electron chi connectivity index (χ3n) is 4.88. The number of benzene rings is 2. The Kier molecular flexibility index (Phi) is 5.66. The molecule has 1 aromatic heterocycles. The summed E-state index contributed by atoms with van der Waals surface area (Å²) in [6.45, 7) is 3.82. The van der Waals surface area contributed by atoms with E-state index in [4.69, 9.17) is 9.15 Å². The first-order chi connectivity index (χ1) is 13.8. The zero-order valence-corrected chi connectivity index (χ0v) is 15.5. The van der Waals surface area contributed by atoms with E-state index in [9.17, 15) is 5.26 Å². The summed E-state index contributed by atoms with van der Waals surface area (Å²) >= 11 is 0. The van der Waals surface area contributed by atoms with Crippen molar-refractivity contribution in [2.45, 2.75) is 6.04 Å². The quantitative estimate of drug-likeness (QED) is 0.709. The number of aromatic nitrogens is 1. The second-order valence-electron chi connectivity index (χ2n) is 6.63. The first-order valence-corrected chi connectivity index (χ1v) is 9.42. The fraction of sp³-hybridized carbons (Fsp3) is 0.273. The third-order valence-corrected chi connectivity index (χ3v) is 4.88. The van der Waals surface area contributed by atoms with Crippen molar-refractivity contribution in [1.82, 2.24) is 9.88 Å². The maximum atomic E-state index is 9.47. The molecule has 3 aromatic rings. The summed E-state index contributed by atoms with van der Waals surface area (Å²) in [6, 6.07) is 22.3. The molecule has 142 valence electrons. The average molecular weight is 374 g/mol. The molecule has 0 bridgehead atoms. The van der Waals surface area contributed by atoms with E-state index in [0.29, 0.717) is 18.3 Å². The average Bonchev–Trinajstić information content (AvgIpc) is 3.19. The lowest BCUT2D eigenvalue weighted by atomic mass is 10.0. The highest BCUT2D eigenvalue weighted by atomic mass is 16.5. The lowest BCUT2D eigenvalue weighted by Crippen LogP contribution is -2.41. The Hall–Kier alpha value is -3.14. The van der Waals surface area contributed by atoms with Gasteiger partial charge in [0.25, 0.3) is 0 Å². The van der Waals surface area contributed by atoms with Crippen LogP contribution in [0.5, 0.6) is 0 Å². The van der Waals surface area contributed by atoms with Crippen LogP contribution in [0.2, 0.25) is 0 Å². The van der Waals surface area contributed by atoms with Gasteiger partial charge in [-0.25, -0.2) is 0 Å². The minimum atomic E-state index is 0.155. The zero-order chi connectivity index (χ0) is 19.2. The molecule has 0 aliphatic carbocycles. The van der Waals surface area contributed by atoms with Gasteiger partial charge in [0.2, 0.25) is 17.5 Å². The fourth-order valence-electron chi connectivity index (χ4n) is 3.43. The summed E-state index contributed by atoms with van der Waals surface area (Å²) in [5, 5.41) is 12.8. The van der Waals surface area contributed by atoms with Crippen LogP contribution in [0.4, 0.5) is 5.88 Å². The summed E-state index contributed by atoms with van der Waals surface area (Å²) in [5.74, 6) is 0.859. The van der Waals surface area contributed by atoms with Crippen molar-refractivity contribution in [2.24, 2.45) is 0 Å². The molecule has 1 fully saturated rings. The molecular formula is C22H22N4O2. The number of nitrogens with one attached hydrogen (secondary N) is 1. The van der Waals surface area contributed by atoms with E-state index in [1.807, 2.05) is 48.5 Å². The summed E-state index contributed by atoms with van der Waals surface area (Å²) in [4.78, 5) is 6.73. The van der Waals surface area contributed by atoms with Crippen molar-refractivity contribution in [3.8, 4) is 17.5 Å². The van der Waals surface area contributed by atoms with Crippen molar-refractivity contribution >= 4 is 5.88 Å². The number of nitriles is 1. The van der Waals surface area contributed by atoms with Crippen LogP contribution in [0.3, 0.4) is 0 Å². The molecule has 0 saturated carbocycles. The standard InChI is InChI=1S/C22H22N4O2/c23-15-19-22(28-21(25-19)18-9-5-2-6-10-18)24-16-20(17-7-3-1-4-8-17)26-11-13-27-14-12-26/h1-10,20,24H,11-14,16H2/t20-/m1/s1. The Morgan fingerprint density at radius 1 is 1.04 bits per heavy atom. The van der Waals surface area contributed by atoms with Gasteiger partial charge >= 0.3 is 0 Å². The molecule has 0 spiro atoms. The Bertz CT molecular complexity index is 928. The smallest absolute Gasteiger partial charge is 0.232 e. The number of nitrogens with zero attached hydrogens (tertiary/aromatic N) is 3. The number of morpholine rings is 1. The molecule has 0 unspecified atom stereocenters. The fourth-order valence-corrected chi connectivity index (χ4v) is 3.43. The first-order valence-electron chi connectivity index (χ1n) is 9.42. The van der Waals surface area contributed by atoms with E-state index in [1.54, 1.807) is 0 Å². The molecule has 1 aliphatic rings. The molecule has 1 aliphatic heterocycles. The van der Waals surface area contributed by atoms with E-state index in [2.05, 4.69) is 33.4 Å². The molecule has 2 aromatic carbocycles. The number of hydrogen-bond acceptors (Lipinski definition) is 6. The molecule has 28 heavy (non-hydrogen) atoms. The van der Waals surface area contributed by atoms with Gasteiger partial charge in [-0.3, -0.25) is 4.90 Å². The first kappa shape index (κ1) is 18.2. The molecule has 6 nitrogen and oxygen atoms in total. The normalized spacial score (nSPS) is 15.7. The second kappa shape index (κ2) is 8.70. The van der Waals surface area contributed by atoms with E-state index in [1.165, 1.54) is 5.56 Å². The van der Waals surface area contributed by atoms with Crippen LogP contribution >= 0.6 is 0 Å². The highest BCUT2D eigenvalue weighted by molar-refractivity contribution is 5.58. The van der Waals surface area contributed by atoms with Crippen LogP contribution in [0.25, 0.3) is 11.5 Å². The molecular weight excluding hydrogens is 352 g/mol. The highest BCUT2D eigenvalue weighted by Crippen LogP contribution is 2.27. The van der Waals surface area contributed by atoms with Crippen molar-refractivity contribution < 1.29 is 9.15 Å². The summed E-state index contributed by atoms with van der Waals surface area (Å²) in [5.41, 5.74) is 2.34. The Balaban J connectivity index is 1.55. The van der Waals surface area contributed by atoms with Crippen LogP contribution in [0.15, 0.2) is 65.1 Å². The van der Waals surface area contributed by atoms with Gasteiger partial charge in [0, 0.05) is 25.2 Å². The van der Waals surface area contributed by atoms with Gasteiger partial charge in [-0.2, -0.15) is 10.2 Å². The van der Waals surface area contributed by atoms with Gasteiger partial charge in [0.15, 0.2) is 0 Å². The van der Waals surface area contributed by atoms with Crippen LogP contribution < -0.4 is 5.32 Å². The van der Waals surface area contributed by atoms with E-state index in [-0.39, 0.29) is 11.7 Å². The summed E-state index contributed by atoms with van der Waals surface area (Å²) in [6.07, 6.45) is 0. The van der Waals surface area contributed by atoms with Crippen LogP contribution in [-0.4, -0.2) is 42.7 Å². The maximum Gasteiger partial charge on any atom is 0.232 e.